The second kappa shape index (κ2) is 7.09. The maximum atomic E-state index is 5.55. The minimum absolute atomic E-state index is 0.838. The van der Waals surface area contributed by atoms with Crippen molar-refractivity contribution in [3.63, 3.8) is 0 Å². The van der Waals surface area contributed by atoms with Gasteiger partial charge in [0.05, 0.1) is 18.5 Å². The lowest BCUT2D eigenvalue weighted by atomic mass is 10.1. The molecule has 0 atom stereocenters. The minimum atomic E-state index is 0.838. The summed E-state index contributed by atoms with van der Waals surface area (Å²) in [5.74, 6) is 0.838. The van der Waals surface area contributed by atoms with E-state index in [0.717, 1.165) is 47.7 Å². The van der Waals surface area contributed by atoms with Gasteiger partial charge in [0, 0.05) is 5.56 Å². The van der Waals surface area contributed by atoms with E-state index in [1.54, 1.807) is 7.11 Å². The molecular weight excluding hydrogens is 286 g/mol. The van der Waals surface area contributed by atoms with Crippen molar-refractivity contribution in [2.24, 2.45) is 0 Å². The summed E-state index contributed by atoms with van der Waals surface area (Å²) in [6.45, 7) is 2.18. The lowest BCUT2D eigenvalue weighted by Crippen LogP contribution is -2.01. The van der Waals surface area contributed by atoms with Crippen molar-refractivity contribution in [3.05, 3.63) is 60.3 Å². The Kier molecular flexibility index (Phi) is 4.71. The molecule has 3 rings (SSSR count). The van der Waals surface area contributed by atoms with Gasteiger partial charge in [-0.3, -0.25) is 0 Å². The van der Waals surface area contributed by atoms with E-state index in [1.807, 2.05) is 53.2 Å². The number of aryl methyl sites for hydroxylation is 1. The van der Waals surface area contributed by atoms with Crippen molar-refractivity contribution in [2.75, 3.05) is 7.11 Å². The molecule has 0 aliphatic carbocycles. The lowest BCUT2D eigenvalue weighted by Gasteiger charge is -2.12. The van der Waals surface area contributed by atoms with E-state index >= 15 is 0 Å². The van der Waals surface area contributed by atoms with E-state index in [2.05, 4.69) is 23.3 Å². The number of hydrogen-bond donors (Lipinski definition) is 0. The monoisotopic (exact) mass is 307 g/mol. The number of benzene rings is 2. The first kappa shape index (κ1) is 15.3. The zero-order valence-electron chi connectivity index (χ0n) is 13.6. The third kappa shape index (κ3) is 3.11. The number of rotatable bonds is 6. The van der Waals surface area contributed by atoms with Gasteiger partial charge < -0.3 is 4.74 Å². The molecule has 0 saturated carbocycles. The van der Waals surface area contributed by atoms with E-state index in [0.29, 0.717) is 0 Å². The van der Waals surface area contributed by atoms with Crippen molar-refractivity contribution in [1.82, 2.24) is 15.0 Å². The molecule has 0 saturated heterocycles. The molecule has 0 aliphatic rings. The van der Waals surface area contributed by atoms with Gasteiger partial charge in [0.25, 0.3) is 0 Å². The molecule has 0 bridgehead atoms. The smallest absolute Gasteiger partial charge is 0.128 e. The summed E-state index contributed by atoms with van der Waals surface area (Å²) < 4.78 is 7.46. The van der Waals surface area contributed by atoms with Crippen molar-refractivity contribution in [3.8, 4) is 22.7 Å². The van der Waals surface area contributed by atoms with Crippen molar-refractivity contribution in [2.45, 2.75) is 26.2 Å². The van der Waals surface area contributed by atoms with Crippen LogP contribution in [0.3, 0.4) is 0 Å². The first-order chi connectivity index (χ1) is 11.3. The van der Waals surface area contributed by atoms with Crippen LogP contribution in [0.1, 0.15) is 25.5 Å². The van der Waals surface area contributed by atoms with Gasteiger partial charge in [-0.1, -0.05) is 48.9 Å². The van der Waals surface area contributed by atoms with Crippen LogP contribution < -0.4 is 4.74 Å². The molecule has 23 heavy (non-hydrogen) atoms. The Bertz CT molecular complexity index is 765. The summed E-state index contributed by atoms with van der Waals surface area (Å²) >= 11 is 0. The van der Waals surface area contributed by atoms with Crippen LogP contribution in [-0.2, 0) is 6.42 Å². The summed E-state index contributed by atoms with van der Waals surface area (Å²) in [5, 5.41) is 8.84. The molecular formula is C19H21N3O. The van der Waals surface area contributed by atoms with Gasteiger partial charge in [-0.15, -0.1) is 5.10 Å². The van der Waals surface area contributed by atoms with Gasteiger partial charge in [-0.05, 0) is 37.1 Å². The second-order valence-electron chi connectivity index (χ2n) is 5.44. The molecule has 4 heteroatoms. The number of nitrogens with zero attached hydrogens (tertiary/aromatic N) is 3. The van der Waals surface area contributed by atoms with E-state index < -0.39 is 0 Å². The van der Waals surface area contributed by atoms with Gasteiger partial charge in [-0.2, -0.15) is 0 Å². The van der Waals surface area contributed by atoms with E-state index in [9.17, 15) is 0 Å². The Hall–Kier alpha value is -2.62. The summed E-state index contributed by atoms with van der Waals surface area (Å²) in [5.41, 5.74) is 4.06. The van der Waals surface area contributed by atoms with Crippen LogP contribution in [0.2, 0.25) is 0 Å². The van der Waals surface area contributed by atoms with Gasteiger partial charge in [0.2, 0.25) is 0 Å². The first-order valence-electron chi connectivity index (χ1n) is 7.98. The highest BCUT2D eigenvalue weighted by atomic mass is 16.5. The van der Waals surface area contributed by atoms with Crippen molar-refractivity contribution < 1.29 is 4.74 Å². The highest BCUT2D eigenvalue weighted by Gasteiger charge is 2.18. The second-order valence-corrected chi connectivity index (χ2v) is 5.44. The Morgan fingerprint density at radius 1 is 1.00 bits per heavy atom. The average molecular weight is 307 g/mol. The third-order valence-electron chi connectivity index (χ3n) is 3.87. The van der Waals surface area contributed by atoms with E-state index in [4.69, 9.17) is 4.74 Å². The molecule has 2 aromatic carbocycles. The lowest BCUT2D eigenvalue weighted by molar-refractivity contribution is 0.416. The number of methoxy groups -OCH3 is 1. The van der Waals surface area contributed by atoms with Crippen molar-refractivity contribution in [1.29, 1.82) is 0 Å². The molecule has 1 heterocycles. The molecule has 0 unspecified atom stereocenters. The maximum absolute atomic E-state index is 5.55. The largest absolute Gasteiger partial charge is 0.496 e. The SMILES string of the molecule is CCCCc1nnn(-c2ccccc2)c1-c1ccccc1OC. The topological polar surface area (TPSA) is 39.9 Å². The number of unbranched alkanes of at least 4 members (excludes halogenated alkanes) is 1. The molecule has 0 fully saturated rings. The molecule has 0 N–H and O–H groups in total. The van der Waals surface area contributed by atoms with Crippen LogP contribution >= 0.6 is 0 Å². The average Bonchev–Trinajstić information content (AvgIpc) is 3.04. The molecule has 3 aromatic rings. The summed E-state index contributed by atoms with van der Waals surface area (Å²) in [6.07, 6.45) is 3.13. The zero-order valence-corrected chi connectivity index (χ0v) is 13.6. The van der Waals surface area contributed by atoms with Crippen LogP contribution in [0.25, 0.3) is 16.9 Å². The summed E-state index contributed by atoms with van der Waals surface area (Å²) in [7, 11) is 1.70. The quantitative estimate of drug-likeness (QED) is 0.682. The first-order valence-corrected chi connectivity index (χ1v) is 7.98. The highest BCUT2D eigenvalue weighted by Crippen LogP contribution is 2.33. The number of para-hydroxylation sites is 2. The zero-order chi connectivity index (χ0) is 16.1. The standard InChI is InChI=1S/C19H21N3O/c1-3-4-13-17-19(16-12-8-9-14-18(16)23-2)22(21-20-17)15-10-6-5-7-11-15/h5-12,14H,3-4,13H2,1-2H3. The van der Waals surface area contributed by atoms with Crippen LogP contribution in [-0.4, -0.2) is 22.1 Å². The molecule has 0 spiro atoms. The summed E-state index contributed by atoms with van der Waals surface area (Å²) in [6, 6.07) is 18.1. The predicted molar refractivity (Wildman–Crippen MR) is 92.0 cm³/mol. The molecule has 0 radical (unpaired) electrons. The fourth-order valence-corrected chi connectivity index (χ4v) is 2.69. The van der Waals surface area contributed by atoms with Crippen LogP contribution in [0.15, 0.2) is 54.6 Å². The Morgan fingerprint density at radius 2 is 1.74 bits per heavy atom. The van der Waals surface area contributed by atoms with E-state index in [1.165, 1.54) is 0 Å². The molecule has 4 nitrogen and oxygen atoms in total. The molecule has 0 amide bonds. The number of ether oxygens (including phenoxy) is 1. The fourth-order valence-electron chi connectivity index (χ4n) is 2.69. The fraction of sp³-hybridized carbons (Fsp3) is 0.263. The molecule has 0 aliphatic heterocycles. The normalized spacial score (nSPS) is 10.7. The van der Waals surface area contributed by atoms with Gasteiger partial charge in [0.1, 0.15) is 11.4 Å². The van der Waals surface area contributed by atoms with Crippen LogP contribution in [0.5, 0.6) is 5.75 Å². The van der Waals surface area contributed by atoms with Crippen LogP contribution in [0, 0.1) is 0 Å². The van der Waals surface area contributed by atoms with Crippen molar-refractivity contribution >= 4 is 0 Å². The Labute approximate surface area is 136 Å². The summed E-state index contributed by atoms with van der Waals surface area (Å²) in [4.78, 5) is 0. The van der Waals surface area contributed by atoms with E-state index in [-0.39, 0.29) is 0 Å². The maximum Gasteiger partial charge on any atom is 0.128 e. The Balaban J connectivity index is 2.17. The molecule has 118 valence electrons. The van der Waals surface area contributed by atoms with Gasteiger partial charge in [-0.25, -0.2) is 4.68 Å². The van der Waals surface area contributed by atoms with Gasteiger partial charge in [0.15, 0.2) is 0 Å². The van der Waals surface area contributed by atoms with Crippen LogP contribution in [0.4, 0.5) is 0 Å². The highest BCUT2D eigenvalue weighted by molar-refractivity contribution is 5.70. The van der Waals surface area contributed by atoms with Gasteiger partial charge >= 0.3 is 0 Å². The Morgan fingerprint density at radius 3 is 2.48 bits per heavy atom. The predicted octanol–water partition coefficient (Wildman–Crippen LogP) is 4.29. The molecule has 1 aromatic heterocycles. The number of aromatic nitrogens is 3. The third-order valence-corrected chi connectivity index (χ3v) is 3.87. The minimum Gasteiger partial charge on any atom is -0.496 e. The number of hydrogen-bond acceptors (Lipinski definition) is 3.